The second kappa shape index (κ2) is 5.57. The summed E-state index contributed by atoms with van der Waals surface area (Å²) in [6.45, 7) is 1.80. The number of aliphatic hydroxyl groups excluding tert-OH is 1. The molecule has 1 heterocycles. The van der Waals surface area contributed by atoms with E-state index in [-0.39, 0.29) is 6.10 Å². The highest BCUT2D eigenvalue weighted by molar-refractivity contribution is 6.42. The third-order valence-electron chi connectivity index (χ3n) is 3.41. The molecule has 0 aromatic heterocycles. The van der Waals surface area contributed by atoms with Gasteiger partial charge in [-0.25, -0.2) is 0 Å². The topological polar surface area (TPSA) is 23.5 Å². The Bertz CT molecular complexity index is 397. The van der Waals surface area contributed by atoms with Crippen molar-refractivity contribution in [1.82, 2.24) is 4.90 Å². The van der Waals surface area contributed by atoms with Crippen molar-refractivity contribution in [2.75, 3.05) is 20.1 Å². The van der Waals surface area contributed by atoms with Crippen LogP contribution in [0.2, 0.25) is 10.0 Å². The molecule has 0 saturated carbocycles. The third kappa shape index (κ3) is 3.35. The van der Waals surface area contributed by atoms with Gasteiger partial charge in [0.2, 0.25) is 0 Å². The molecule has 94 valence electrons. The van der Waals surface area contributed by atoms with Gasteiger partial charge in [-0.1, -0.05) is 29.3 Å². The van der Waals surface area contributed by atoms with Gasteiger partial charge in [0, 0.05) is 6.54 Å². The number of rotatable bonds is 2. The van der Waals surface area contributed by atoms with Gasteiger partial charge in [0.15, 0.2) is 0 Å². The van der Waals surface area contributed by atoms with Crippen LogP contribution in [0, 0.1) is 5.92 Å². The van der Waals surface area contributed by atoms with Gasteiger partial charge in [-0.05, 0) is 50.0 Å². The number of likely N-dealkylation sites (N-methyl/N-ethyl adjacent to an activating group) is 1. The molecule has 2 unspecified atom stereocenters. The number of hydrogen-bond acceptors (Lipinski definition) is 2. The Labute approximate surface area is 112 Å². The fraction of sp³-hybridized carbons (Fsp3) is 0.538. The van der Waals surface area contributed by atoms with Crippen molar-refractivity contribution in [2.24, 2.45) is 5.92 Å². The van der Waals surface area contributed by atoms with E-state index in [9.17, 15) is 5.11 Å². The summed E-state index contributed by atoms with van der Waals surface area (Å²) < 4.78 is 0. The quantitative estimate of drug-likeness (QED) is 0.896. The fourth-order valence-electron chi connectivity index (χ4n) is 2.35. The number of aliphatic hydroxyl groups is 1. The molecule has 2 atom stereocenters. The van der Waals surface area contributed by atoms with Crippen molar-refractivity contribution < 1.29 is 5.11 Å². The molecule has 1 aromatic carbocycles. The standard InChI is InChI=1S/C13H17Cl2NO/c1-16-5-4-10(13(17)8-16)6-9-2-3-11(14)12(15)7-9/h2-3,7,10,13,17H,4-6,8H2,1H3. The van der Waals surface area contributed by atoms with Crippen LogP contribution in [0.4, 0.5) is 0 Å². The summed E-state index contributed by atoms with van der Waals surface area (Å²) in [6.07, 6.45) is 1.65. The highest BCUT2D eigenvalue weighted by Gasteiger charge is 2.25. The van der Waals surface area contributed by atoms with Crippen LogP contribution in [0.3, 0.4) is 0 Å². The molecule has 1 aliphatic rings. The van der Waals surface area contributed by atoms with Crippen molar-refractivity contribution >= 4 is 23.2 Å². The van der Waals surface area contributed by atoms with E-state index in [2.05, 4.69) is 4.90 Å². The molecule has 1 aliphatic heterocycles. The molecule has 1 saturated heterocycles. The monoisotopic (exact) mass is 273 g/mol. The normalized spacial score (nSPS) is 26.1. The lowest BCUT2D eigenvalue weighted by Gasteiger charge is -2.33. The SMILES string of the molecule is CN1CCC(Cc2ccc(Cl)c(Cl)c2)C(O)C1. The Morgan fingerprint density at radius 1 is 1.35 bits per heavy atom. The first-order valence-electron chi connectivity index (χ1n) is 5.87. The number of hydrogen-bond donors (Lipinski definition) is 1. The summed E-state index contributed by atoms with van der Waals surface area (Å²) in [5.74, 6) is 0.323. The lowest BCUT2D eigenvalue weighted by molar-refractivity contribution is 0.0326. The van der Waals surface area contributed by atoms with Crippen LogP contribution in [-0.2, 0) is 6.42 Å². The highest BCUT2D eigenvalue weighted by atomic mass is 35.5. The summed E-state index contributed by atoms with van der Waals surface area (Å²) in [7, 11) is 2.04. The van der Waals surface area contributed by atoms with Crippen molar-refractivity contribution in [3.63, 3.8) is 0 Å². The van der Waals surface area contributed by atoms with Gasteiger partial charge in [0.05, 0.1) is 16.1 Å². The fourth-order valence-corrected chi connectivity index (χ4v) is 2.67. The van der Waals surface area contributed by atoms with Gasteiger partial charge in [-0.15, -0.1) is 0 Å². The maximum Gasteiger partial charge on any atom is 0.0698 e. The molecule has 17 heavy (non-hydrogen) atoms. The predicted molar refractivity (Wildman–Crippen MR) is 71.8 cm³/mol. The molecule has 1 N–H and O–H groups in total. The minimum absolute atomic E-state index is 0.247. The van der Waals surface area contributed by atoms with Crippen LogP contribution in [0.5, 0.6) is 0 Å². The van der Waals surface area contributed by atoms with Crippen molar-refractivity contribution in [2.45, 2.75) is 18.9 Å². The molecule has 4 heteroatoms. The third-order valence-corrected chi connectivity index (χ3v) is 4.15. The molecule has 0 spiro atoms. The minimum atomic E-state index is -0.247. The molecular weight excluding hydrogens is 257 g/mol. The average Bonchev–Trinajstić information content (AvgIpc) is 2.27. The first-order valence-corrected chi connectivity index (χ1v) is 6.62. The average molecular weight is 274 g/mol. The smallest absolute Gasteiger partial charge is 0.0698 e. The van der Waals surface area contributed by atoms with Crippen LogP contribution < -0.4 is 0 Å². The van der Waals surface area contributed by atoms with Gasteiger partial charge in [0.1, 0.15) is 0 Å². The van der Waals surface area contributed by atoms with Crippen molar-refractivity contribution in [3.8, 4) is 0 Å². The van der Waals surface area contributed by atoms with Gasteiger partial charge in [-0.3, -0.25) is 0 Å². The van der Waals surface area contributed by atoms with Crippen molar-refractivity contribution in [1.29, 1.82) is 0 Å². The zero-order valence-electron chi connectivity index (χ0n) is 9.87. The van der Waals surface area contributed by atoms with E-state index < -0.39 is 0 Å². The summed E-state index contributed by atoms with van der Waals surface area (Å²) in [5.41, 5.74) is 1.15. The summed E-state index contributed by atoms with van der Waals surface area (Å²) >= 11 is 11.9. The molecular formula is C13H17Cl2NO. The number of nitrogens with zero attached hydrogens (tertiary/aromatic N) is 1. The second-order valence-corrected chi connectivity index (χ2v) is 5.65. The van der Waals surface area contributed by atoms with E-state index in [0.717, 1.165) is 31.5 Å². The zero-order valence-corrected chi connectivity index (χ0v) is 11.4. The van der Waals surface area contributed by atoms with Crippen LogP contribution in [-0.4, -0.2) is 36.2 Å². The summed E-state index contributed by atoms with van der Waals surface area (Å²) in [6, 6.07) is 5.70. The maximum atomic E-state index is 10.0. The second-order valence-electron chi connectivity index (χ2n) is 4.83. The van der Waals surface area contributed by atoms with E-state index in [4.69, 9.17) is 23.2 Å². The Morgan fingerprint density at radius 3 is 2.76 bits per heavy atom. The molecule has 0 aliphatic carbocycles. The maximum absolute atomic E-state index is 10.0. The van der Waals surface area contributed by atoms with Crippen LogP contribution in [0.25, 0.3) is 0 Å². The van der Waals surface area contributed by atoms with E-state index in [1.165, 1.54) is 0 Å². The number of halogens is 2. The Hall–Kier alpha value is -0.280. The van der Waals surface area contributed by atoms with E-state index in [0.29, 0.717) is 16.0 Å². The van der Waals surface area contributed by atoms with E-state index >= 15 is 0 Å². The zero-order chi connectivity index (χ0) is 12.4. The lowest BCUT2D eigenvalue weighted by atomic mass is 9.88. The van der Waals surface area contributed by atoms with Gasteiger partial charge >= 0.3 is 0 Å². The van der Waals surface area contributed by atoms with Crippen molar-refractivity contribution in [3.05, 3.63) is 33.8 Å². The van der Waals surface area contributed by atoms with E-state index in [1.807, 2.05) is 25.2 Å². The molecule has 2 rings (SSSR count). The van der Waals surface area contributed by atoms with E-state index in [1.54, 1.807) is 0 Å². The molecule has 0 amide bonds. The van der Waals surface area contributed by atoms with Crippen LogP contribution >= 0.6 is 23.2 Å². The van der Waals surface area contributed by atoms with Gasteiger partial charge in [-0.2, -0.15) is 0 Å². The summed E-state index contributed by atoms with van der Waals surface area (Å²) in [4.78, 5) is 2.16. The van der Waals surface area contributed by atoms with Crippen LogP contribution in [0.1, 0.15) is 12.0 Å². The molecule has 1 aromatic rings. The Morgan fingerprint density at radius 2 is 2.12 bits per heavy atom. The summed E-state index contributed by atoms with van der Waals surface area (Å²) in [5, 5.41) is 11.2. The lowest BCUT2D eigenvalue weighted by Crippen LogP contribution is -2.42. The van der Waals surface area contributed by atoms with Gasteiger partial charge in [0.25, 0.3) is 0 Å². The number of piperidine rings is 1. The predicted octanol–water partition coefficient (Wildman–Crippen LogP) is 2.85. The number of β-amino-alcohol motifs (C(OH)–C–C–N with tert-alkyl or cyclic N) is 1. The Kier molecular flexibility index (Phi) is 4.31. The highest BCUT2D eigenvalue weighted by Crippen LogP contribution is 2.26. The first-order chi connectivity index (χ1) is 8.06. The largest absolute Gasteiger partial charge is 0.391 e. The molecule has 0 radical (unpaired) electrons. The van der Waals surface area contributed by atoms with Crippen LogP contribution in [0.15, 0.2) is 18.2 Å². The number of benzene rings is 1. The molecule has 1 fully saturated rings. The minimum Gasteiger partial charge on any atom is -0.391 e. The van der Waals surface area contributed by atoms with Gasteiger partial charge < -0.3 is 10.0 Å². The Balaban J connectivity index is 2.02. The number of likely N-dealkylation sites (tertiary alicyclic amines) is 1. The molecule has 0 bridgehead atoms. The first kappa shape index (κ1) is 13.2. The molecule has 2 nitrogen and oxygen atoms in total.